The molecule has 0 atom stereocenters. The van der Waals surface area contributed by atoms with E-state index in [1.807, 2.05) is 0 Å². The van der Waals surface area contributed by atoms with Gasteiger partial charge in [-0.3, -0.25) is 10.1 Å². The second-order valence-electron chi connectivity index (χ2n) is 3.65. The quantitative estimate of drug-likeness (QED) is 0.474. The molecule has 0 N–H and O–H groups in total. The van der Waals surface area contributed by atoms with Gasteiger partial charge in [-0.05, 0) is 18.2 Å². The Hall–Kier alpha value is -2.43. The Balaban J connectivity index is 2.50. The summed E-state index contributed by atoms with van der Waals surface area (Å²) in [4.78, 5) is 10.3. The molecule has 2 aromatic carbocycles. The highest BCUT2D eigenvalue weighted by atomic mass is 19.1. The lowest BCUT2D eigenvalue weighted by molar-refractivity contribution is -0.383. The van der Waals surface area contributed by atoms with Crippen molar-refractivity contribution in [1.82, 2.24) is 0 Å². The van der Waals surface area contributed by atoms with Crippen molar-refractivity contribution < 1.29 is 13.7 Å². The fraction of sp³-hybridized carbons (Fsp3) is 0. The molecule has 0 bridgehead atoms. The van der Waals surface area contributed by atoms with Crippen molar-refractivity contribution in [2.75, 3.05) is 0 Å². The van der Waals surface area contributed by atoms with Crippen LogP contribution in [-0.4, -0.2) is 4.92 Å². The third kappa shape index (κ3) is 1.36. The molecule has 0 aliphatic heterocycles. The summed E-state index contributed by atoms with van der Waals surface area (Å²) in [5, 5.41) is 12.1. The molecule has 3 rings (SSSR count). The predicted molar refractivity (Wildman–Crippen MR) is 60.3 cm³/mol. The van der Waals surface area contributed by atoms with Gasteiger partial charge in [-0.2, -0.15) is 0 Å². The van der Waals surface area contributed by atoms with E-state index in [2.05, 4.69) is 0 Å². The third-order valence-electron chi connectivity index (χ3n) is 2.64. The van der Waals surface area contributed by atoms with Crippen molar-refractivity contribution in [3.8, 4) is 0 Å². The van der Waals surface area contributed by atoms with Gasteiger partial charge in [-0.25, -0.2) is 4.39 Å². The first-order chi connectivity index (χ1) is 8.16. The molecule has 0 aliphatic carbocycles. The van der Waals surface area contributed by atoms with Gasteiger partial charge in [-0.1, -0.05) is 6.07 Å². The number of nitro groups is 1. The van der Waals surface area contributed by atoms with Crippen molar-refractivity contribution in [3.63, 3.8) is 0 Å². The lowest BCUT2D eigenvalue weighted by Gasteiger charge is -1.91. The fourth-order valence-corrected chi connectivity index (χ4v) is 1.90. The molecule has 0 amide bonds. The van der Waals surface area contributed by atoms with E-state index in [0.717, 1.165) is 0 Å². The molecule has 84 valence electrons. The maximum absolute atomic E-state index is 13.0. The zero-order valence-corrected chi connectivity index (χ0v) is 8.51. The number of benzene rings is 2. The molecule has 1 aromatic heterocycles. The van der Waals surface area contributed by atoms with Gasteiger partial charge in [0.25, 0.3) is 0 Å². The van der Waals surface area contributed by atoms with Crippen LogP contribution in [0.2, 0.25) is 0 Å². The molecule has 0 saturated heterocycles. The van der Waals surface area contributed by atoms with E-state index in [-0.39, 0.29) is 11.3 Å². The Morgan fingerprint density at radius 2 is 2.00 bits per heavy atom. The van der Waals surface area contributed by atoms with Gasteiger partial charge in [-0.15, -0.1) is 0 Å². The average molecular weight is 231 g/mol. The number of halogens is 1. The summed E-state index contributed by atoms with van der Waals surface area (Å²) in [6.45, 7) is 0. The van der Waals surface area contributed by atoms with Crippen LogP contribution in [-0.2, 0) is 0 Å². The topological polar surface area (TPSA) is 56.3 Å². The first-order valence-corrected chi connectivity index (χ1v) is 4.92. The van der Waals surface area contributed by atoms with E-state index in [1.165, 1.54) is 18.2 Å². The molecule has 5 heteroatoms. The lowest BCUT2D eigenvalue weighted by Crippen LogP contribution is -1.86. The van der Waals surface area contributed by atoms with Gasteiger partial charge in [0.2, 0.25) is 5.58 Å². The van der Waals surface area contributed by atoms with Crippen molar-refractivity contribution in [2.24, 2.45) is 0 Å². The van der Waals surface area contributed by atoms with Gasteiger partial charge >= 0.3 is 5.69 Å². The Morgan fingerprint density at radius 1 is 1.18 bits per heavy atom. The second-order valence-corrected chi connectivity index (χ2v) is 3.65. The Kier molecular flexibility index (Phi) is 1.89. The standard InChI is InChI=1S/C12H6FNO3/c13-7-4-5-8-9-2-1-3-10(14(15)16)12(9)17-11(8)6-7/h1-6H. The number of fused-ring (bicyclic) bond motifs is 3. The molecule has 0 aliphatic rings. The summed E-state index contributed by atoms with van der Waals surface area (Å²) in [6, 6.07) is 8.74. The number of nitrogens with zero attached hydrogens (tertiary/aromatic N) is 1. The van der Waals surface area contributed by atoms with Crippen LogP contribution in [0.3, 0.4) is 0 Å². The number of furan rings is 1. The van der Waals surface area contributed by atoms with E-state index in [9.17, 15) is 14.5 Å². The Labute approximate surface area is 94.4 Å². The molecular weight excluding hydrogens is 225 g/mol. The molecule has 4 nitrogen and oxygen atoms in total. The molecule has 0 spiro atoms. The fourth-order valence-electron chi connectivity index (χ4n) is 1.90. The molecule has 0 fully saturated rings. The van der Waals surface area contributed by atoms with E-state index in [0.29, 0.717) is 16.4 Å². The molecule has 17 heavy (non-hydrogen) atoms. The molecule has 3 aromatic rings. The highest BCUT2D eigenvalue weighted by Crippen LogP contribution is 2.34. The monoisotopic (exact) mass is 231 g/mol. The van der Waals surface area contributed by atoms with Crippen LogP contribution in [0.5, 0.6) is 0 Å². The van der Waals surface area contributed by atoms with Crippen LogP contribution in [0, 0.1) is 15.9 Å². The first kappa shape index (κ1) is 9.77. The van der Waals surface area contributed by atoms with Crippen molar-refractivity contribution in [2.45, 2.75) is 0 Å². The van der Waals surface area contributed by atoms with Gasteiger partial charge < -0.3 is 4.42 Å². The van der Waals surface area contributed by atoms with Gasteiger partial charge in [0.1, 0.15) is 11.4 Å². The predicted octanol–water partition coefficient (Wildman–Crippen LogP) is 3.63. The van der Waals surface area contributed by atoms with Crippen LogP contribution in [0.4, 0.5) is 10.1 Å². The molecule has 0 saturated carbocycles. The number of para-hydroxylation sites is 1. The molecule has 0 unspecified atom stereocenters. The number of hydrogen-bond acceptors (Lipinski definition) is 3. The Morgan fingerprint density at radius 3 is 2.76 bits per heavy atom. The maximum atomic E-state index is 13.0. The largest absolute Gasteiger partial charge is 0.449 e. The third-order valence-corrected chi connectivity index (χ3v) is 2.64. The minimum absolute atomic E-state index is 0.112. The molecular formula is C12H6FNO3. The SMILES string of the molecule is O=[N+]([O-])c1cccc2c1oc1cc(F)ccc12. The van der Waals surface area contributed by atoms with Gasteiger partial charge in [0.15, 0.2) is 0 Å². The minimum atomic E-state index is -0.513. The first-order valence-electron chi connectivity index (χ1n) is 4.92. The van der Waals surface area contributed by atoms with Crippen molar-refractivity contribution in [1.29, 1.82) is 0 Å². The summed E-state index contributed by atoms with van der Waals surface area (Å²) in [5.41, 5.74) is 0.381. The summed E-state index contributed by atoms with van der Waals surface area (Å²) >= 11 is 0. The smallest absolute Gasteiger partial charge is 0.312 e. The van der Waals surface area contributed by atoms with Crippen molar-refractivity contribution in [3.05, 3.63) is 52.3 Å². The van der Waals surface area contributed by atoms with E-state index < -0.39 is 10.7 Å². The van der Waals surface area contributed by atoms with Crippen LogP contribution in [0.15, 0.2) is 40.8 Å². The van der Waals surface area contributed by atoms with Gasteiger partial charge in [0, 0.05) is 22.9 Å². The molecule has 1 heterocycles. The summed E-state index contributed by atoms with van der Waals surface area (Å²) in [6.07, 6.45) is 0. The summed E-state index contributed by atoms with van der Waals surface area (Å²) < 4.78 is 18.4. The second kappa shape index (κ2) is 3.28. The van der Waals surface area contributed by atoms with Crippen LogP contribution < -0.4 is 0 Å². The van der Waals surface area contributed by atoms with Crippen LogP contribution in [0.1, 0.15) is 0 Å². The van der Waals surface area contributed by atoms with Crippen LogP contribution in [0.25, 0.3) is 21.9 Å². The number of rotatable bonds is 1. The number of hydrogen-bond donors (Lipinski definition) is 0. The van der Waals surface area contributed by atoms with Crippen molar-refractivity contribution >= 4 is 27.6 Å². The number of non-ortho nitro benzene ring substituents is 1. The maximum Gasteiger partial charge on any atom is 0.312 e. The Bertz CT molecular complexity index is 748. The van der Waals surface area contributed by atoms with E-state index in [1.54, 1.807) is 18.2 Å². The summed E-state index contributed by atoms with van der Waals surface area (Å²) in [5.74, 6) is -0.431. The van der Waals surface area contributed by atoms with E-state index in [4.69, 9.17) is 4.42 Å². The van der Waals surface area contributed by atoms with E-state index >= 15 is 0 Å². The minimum Gasteiger partial charge on any atom is -0.449 e. The highest BCUT2D eigenvalue weighted by molar-refractivity contribution is 6.07. The molecule has 0 radical (unpaired) electrons. The zero-order chi connectivity index (χ0) is 12.0. The number of nitro benzene ring substituents is 1. The highest BCUT2D eigenvalue weighted by Gasteiger charge is 2.17. The lowest BCUT2D eigenvalue weighted by atomic mass is 10.1. The van der Waals surface area contributed by atoms with Crippen LogP contribution >= 0.6 is 0 Å². The average Bonchev–Trinajstić information content (AvgIpc) is 2.65. The normalized spacial score (nSPS) is 11.1. The van der Waals surface area contributed by atoms with Gasteiger partial charge in [0.05, 0.1) is 4.92 Å². The zero-order valence-electron chi connectivity index (χ0n) is 8.51. The summed E-state index contributed by atoms with van der Waals surface area (Å²) in [7, 11) is 0.